The third-order valence-corrected chi connectivity index (χ3v) is 1.43. The molecule has 0 spiro atoms. The monoisotopic (exact) mass is 130 g/mol. The maximum absolute atomic E-state index is 10.6. The van der Waals surface area contributed by atoms with Crippen LogP contribution in [0.3, 0.4) is 0 Å². The lowest BCUT2D eigenvalue weighted by Gasteiger charge is -2.24. The topological polar surface area (TPSA) is 66.6 Å². The summed E-state index contributed by atoms with van der Waals surface area (Å²) in [4.78, 5) is 10.6. The molecule has 9 heavy (non-hydrogen) atoms. The molecule has 1 saturated heterocycles. The molecule has 1 fully saturated rings. The number of piperidine rings is 1. The van der Waals surface area contributed by atoms with Crippen LogP contribution in [0, 0.1) is 0 Å². The van der Waals surface area contributed by atoms with Crippen molar-refractivity contribution >= 4 is 5.91 Å². The summed E-state index contributed by atoms with van der Waals surface area (Å²) in [5.41, 5.74) is 0. The van der Waals surface area contributed by atoms with Crippen molar-refractivity contribution in [3.05, 3.63) is 0 Å². The zero-order valence-electron chi connectivity index (χ0n) is 5.08. The standard InChI is InChI=1S/C5H10N2O2/c6-7-2-1-4(8)3-5(7)9/h4,8H,1-3,6H2. The number of aliphatic hydroxyl groups excluding tert-OH is 1. The Morgan fingerprint density at radius 1 is 1.78 bits per heavy atom. The molecule has 0 saturated carbocycles. The maximum Gasteiger partial charge on any atom is 0.239 e. The van der Waals surface area contributed by atoms with Crippen molar-refractivity contribution in [1.29, 1.82) is 0 Å². The molecule has 0 aromatic heterocycles. The van der Waals surface area contributed by atoms with E-state index in [0.717, 1.165) is 5.01 Å². The van der Waals surface area contributed by atoms with E-state index in [-0.39, 0.29) is 12.3 Å². The molecule has 3 N–H and O–H groups in total. The van der Waals surface area contributed by atoms with E-state index in [1.54, 1.807) is 0 Å². The molecular formula is C5H10N2O2. The van der Waals surface area contributed by atoms with E-state index in [1.807, 2.05) is 0 Å². The molecule has 1 unspecified atom stereocenters. The van der Waals surface area contributed by atoms with Crippen LogP contribution in [-0.2, 0) is 4.79 Å². The van der Waals surface area contributed by atoms with Crippen LogP contribution in [0.15, 0.2) is 0 Å². The van der Waals surface area contributed by atoms with Crippen LogP contribution in [0.4, 0.5) is 0 Å². The molecule has 0 aromatic carbocycles. The Kier molecular flexibility index (Phi) is 1.68. The molecule has 1 aliphatic heterocycles. The number of carbonyl (C=O) groups is 1. The van der Waals surface area contributed by atoms with E-state index >= 15 is 0 Å². The lowest BCUT2D eigenvalue weighted by Crippen LogP contribution is -2.45. The molecule has 52 valence electrons. The van der Waals surface area contributed by atoms with Crippen LogP contribution < -0.4 is 5.84 Å². The number of nitrogens with two attached hydrogens (primary N) is 1. The first kappa shape index (κ1) is 6.51. The van der Waals surface area contributed by atoms with Gasteiger partial charge in [-0.15, -0.1) is 0 Å². The molecule has 4 heteroatoms. The molecule has 1 aliphatic rings. The normalized spacial score (nSPS) is 28.9. The number of carbonyl (C=O) groups excluding carboxylic acids is 1. The summed E-state index contributed by atoms with van der Waals surface area (Å²) < 4.78 is 0. The molecule has 1 amide bonds. The molecular weight excluding hydrogens is 120 g/mol. The van der Waals surface area contributed by atoms with E-state index in [1.165, 1.54) is 0 Å². The molecule has 0 radical (unpaired) electrons. The number of nitrogens with zero attached hydrogens (tertiary/aromatic N) is 1. The van der Waals surface area contributed by atoms with Crippen molar-refractivity contribution in [3.8, 4) is 0 Å². The van der Waals surface area contributed by atoms with E-state index < -0.39 is 6.10 Å². The number of amides is 1. The van der Waals surface area contributed by atoms with Gasteiger partial charge in [-0.1, -0.05) is 0 Å². The van der Waals surface area contributed by atoms with Crippen molar-refractivity contribution in [2.75, 3.05) is 6.54 Å². The number of hydrazine groups is 1. The van der Waals surface area contributed by atoms with E-state index in [4.69, 9.17) is 10.9 Å². The van der Waals surface area contributed by atoms with Gasteiger partial charge in [0.2, 0.25) is 5.91 Å². The third-order valence-electron chi connectivity index (χ3n) is 1.43. The minimum Gasteiger partial charge on any atom is -0.393 e. The first-order valence-corrected chi connectivity index (χ1v) is 2.93. The fraction of sp³-hybridized carbons (Fsp3) is 0.800. The van der Waals surface area contributed by atoms with Gasteiger partial charge >= 0.3 is 0 Å². The predicted octanol–water partition coefficient (Wildman–Crippen LogP) is -1.16. The van der Waals surface area contributed by atoms with Gasteiger partial charge in [-0.2, -0.15) is 0 Å². The van der Waals surface area contributed by atoms with Gasteiger partial charge in [-0.05, 0) is 6.42 Å². The Labute approximate surface area is 53.2 Å². The zero-order valence-corrected chi connectivity index (χ0v) is 5.08. The Morgan fingerprint density at radius 2 is 2.44 bits per heavy atom. The van der Waals surface area contributed by atoms with Gasteiger partial charge < -0.3 is 5.11 Å². The van der Waals surface area contributed by atoms with Crippen LogP contribution in [0.5, 0.6) is 0 Å². The Hall–Kier alpha value is -0.610. The number of aliphatic hydroxyl groups is 1. The maximum atomic E-state index is 10.6. The Bertz CT molecular complexity index is 126. The first-order valence-electron chi connectivity index (χ1n) is 2.93. The highest BCUT2D eigenvalue weighted by molar-refractivity contribution is 5.76. The average Bonchev–Trinajstić information content (AvgIpc) is 1.80. The largest absolute Gasteiger partial charge is 0.393 e. The highest BCUT2D eigenvalue weighted by Gasteiger charge is 2.21. The van der Waals surface area contributed by atoms with Crippen molar-refractivity contribution < 1.29 is 9.90 Å². The fourth-order valence-corrected chi connectivity index (χ4v) is 0.834. The highest BCUT2D eigenvalue weighted by Crippen LogP contribution is 2.06. The van der Waals surface area contributed by atoms with Gasteiger partial charge in [0.05, 0.1) is 12.5 Å². The summed E-state index contributed by atoms with van der Waals surface area (Å²) >= 11 is 0. The summed E-state index contributed by atoms with van der Waals surface area (Å²) in [5.74, 6) is 5.04. The summed E-state index contributed by atoms with van der Waals surface area (Å²) in [5, 5.41) is 10.0. The van der Waals surface area contributed by atoms with E-state index in [0.29, 0.717) is 13.0 Å². The second-order valence-electron chi connectivity index (χ2n) is 2.23. The van der Waals surface area contributed by atoms with Crippen molar-refractivity contribution in [1.82, 2.24) is 5.01 Å². The summed E-state index contributed by atoms with van der Waals surface area (Å²) in [6.45, 7) is 0.472. The average molecular weight is 130 g/mol. The molecule has 0 bridgehead atoms. The second-order valence-corrected chi connectivity index (χ2v) is 2.23. The molecule has 1 rings (SSSR count). The quantitative estimate of drug-likeness (QED) is 0.321. The lowest BCUT2D eigenvalue weighted by atomic mass is 10.1. The van der Waals surface area contributed by atoms with Crippen molar-refractivity contribution in [3.63, 3.8) is 0 Å². The van der Waals surface area contributed by atoms with Gasteiger partial charge in [-0.3, -0.25) is 9.80 Å². The van der Waals surface area contributed by atoms with Crippen LogP contribution >= 0.6 is 0 Å². The summed E-state index contributed by atoms with van der Waals surface area (Å²) in [6.07, 6.45) is 0.302. The zero-order chi connectivity index (χ0) is 6.85. The van der Waals surface area contributed by atoms with Crippen LogP contribution in [-0.4, -0.2) is 28.7 Å². The molecule has 1 heterocycles. The fourth-order valence-electron chi connectivity index (χ4n) is 0.834. The first-order chi connectivity index (χ1) is 4.20. The molecule has 4 nitrogen and oxygen atoms in total. The smallest absolute Gasteiger partial charge is 0.239 e. The SMILES string of the molecule is NN1CCC(O)CC1=O. The van der Waals surface area contributed by atoms with Crippen molar-refractivity contribution in [2.45, 2.75) is 18.9 Å². The third kappa shape index (κ3) is 1.40. The van der Waals surface area contributed by atoms with Crippen LogP contribution in [0.25, 0.3) is 0 Å². The van der Waals surface area contributed by atoms with E-state index in [2.05, 4.69) is 0 Å². The predicted molar refractivity (Wildman–Crippen MR) is 31.1 cm³/mol. The molecule has 0 aromatic rings. The number of hydrogen-bond acceptors (Lipinski definition) is 3. The van der Waals surface area contributed by atoms with Gasteiger partial charge in [0, 0.05) is 6.54 Å². The van der Waals surface area contributed by atoms with Gasteiger partial charge in [0.1, 0.15) is 0 Å². The van der Waals surface area contributed by atoms with Crippen LogP contribution in [0.2, 0.25) is 0 Å². The minimum atomic E-state index is -0.475. The minimum absolute atomic E-state index is 0.172. The van der Waals surface area contributed by atoms with Gasteiger partial charge in [0.25, 0.3) is 0 Å². The van der Waals surface area contributed by atoms with Gasteiger partial charge in [0.15, 0.2) is 0 Å². The van der Waals surface area contributed by atoms with E-state index in [9.17, 15) is 4.79 Å². The Balaban J connectivity index is 2.44. The highest BCUT2D eigenvalue weighted by atomic mass is 16.3. The molecule has 0 aliphatic carbocycles. The number of rotatable bonds is 0. The Morgan fingerprint density at radius 3 is 2.89 bits per heavy atom. The number of hydrogen-bond donors (Lipinski definition) is 2. The summed E-state index contributed by atoms with van der Waals surface area (Å²) in [7, 11) is 0. The second kappa shape index (κ2) is 2.33. The van der Waals surface area contributed by atoms with Crippen LogP contribution in [0.1, 0.15) is 12.8 Å². The van der Waals surface area contributed by atoms with Gasteiger partial charge in [-0.25, -0.2) is 5.84 Å². The molecule has 1 atom stereocenters. The van der Waals surface area contributed by atoms with Crippen molar-refractivity contribution in [2.24, 2.45) is 5.84 Å². The lowest BCUT2D eigenvalue weighted by molar-refractivity contribution is -0.137. The summed E-state index contributed by atoms with van der Waals surface area (Å²) in [6, 6.07) is 0.